The van der Waals surface area contributed by atoms with Crippen LogP contribution in [0.1, 0.15) is 51.9 Å². The number of Topliss-reactive ketones (excluding diaryl/α,β-unsaturated/α-hetero) is 1. The van der Waals surface area contributed by atoms with E-state index < -0.39 is 5.41 Å². The van der Waals surface area contributed by atoms with Gasteiger partial charge in [0.2, 0.25) is 0 Å². The Morgan fingerprint density at radius 2 is 2.13 bits per heavy atom. The highest BCUT2D eigenvalue weighted by Crippen LogP contribution is 2.49. The molecule has 2 aliphatic carbocycles. The first-order valence-electron chi connectivity index (χ1n) is 8.33. The van der Waals surface area contributed by atoms with Crippen molar-refractivity contribution in [2.24, 2.45) is 5.41 Å². The second-order valence-corrected chi connectivity index (χ2v) is 6.56. The number of hydrogen-bond acceptors (Lipinski definition) is 5. The number of carbonyl (C=O) groups excluding carboxylic acids is 3. The van der Waals surface area contributed by atoms with Crippen LogP contribution in [0.15, 0.2) is 22.8 Å². The molecule has 124 valence electrons. The lowest BCUT2D eigenvalue weighted by Gasteiger charge is -2.19. The quantitative estimate of drug-likeness (QED) is 0.745. The molecule has 1 heterocycles. The van der Waals surface area contributed by atoms with Crippen LogP contribution < -0.4 is 0 Å². The third-order valence-corrected chi connectivity index (χ3v) is 4.88. The van der Waals surface area contributed by atoms with Gasteiger partial charge in [0.15, 0.2) is 5.78 Å². The summed E-state index contributed by atoms with van der Waals surface area (Å²) in [5, 5.41) is 0. The lowest BCUT2D eigenvalue weighted by atomic mass is 9.80. The first-order valence-corrected chi connectivity index (χ1v) is 8.33. The molecule has 0 N–H and O–H groups in total. The molecule has 1 saturated heterocycles. The largest absolute Gasteiger partial charge is 0.466 e. The second-order valence-electron chi connectivity index (χ2n) is 6.56. The number of ether oxygens (including phenoxy) is 2. The number of ketones is 1. The number of esters is 2. The van der Waals surface area contributed by atoms with Crippen molar-refractivity contribution in [2.45, 2.75) is 51.9 Å². The predicted molar refractivity (Wildman–Crippen MR) is 82.5 cm³/mol. The van der Waals surface area contributed by atoms with Gasteiger partial charge in [0, 0.05) is 5.57 Å². The molecule has 0 radical (unpaired) electrons. The van der Waals surface area contributed by atoms with Gasteiger partial charge in [-0.25, -0.2) is 0 Å². The Kier molecular flexibility index (Phi) is 4.37. The van der Waals surface area contributed by atoms with Gasteiger partial charge in [0.25, 0.3) is 0 Å². The van der Waals surface area contributed by atoms with E-state index in [1.54, 1.807) is 6.92 Å². The number of cyclic esters (lactones) is 1. The van der Waals surface area contributed by atoms with Crippen molar-refractivity contribution in [3.63, 3.8) is 0 Å². The van der Waals surface area contributed by atoms with Gasteiger partial charge in [-0.2, -0.15) is 0 Å². The van der Waals surface area contributed by atoms with Crippen LogP contribution >= 0.6 is 0 Å². The van der Waals surface area contributed by atoms with E-state index >= 15 is 0 Å². The van der Waals surface area contributed by atoms with Crippen LogP contribution in [0.2, 0.25) is 0 Å². The van der Waals surface area contributed by atoms with E-state index in [1.807, 2.05) is 0 Å². The van der Waals surface area contributed by atoms with Gasteiger partial charge < -0.3 is 9.47 Å². The summed E-state index contributed by atoms with van der Waals surface area (Å²) < 4.78 is 10.1. The molecule has 1 spiro atoms. The molecule has 5 heteroatoms. The fourth-order valence-corrected chi connectivity index (χ4v) is 3.83. The third-order valence-electron chi connectivity index (χ3n) is 4.88. The topological polar surface area (TPSA) is 69.7 Å². The highest BCUT2D eigenvalue weighted by atomic mass is 16.5. The minimum absolute atomic E-state index is 0.0178. The molecule has 1 aliphatic heterocycles. The standard InChI is InChI=1S/C18H22O5/c1-2-22-14(19)8-13-9-18(10-15(20)23-11-18)17(21)16(13)12-6-4-3-5-7-12/h6H,2-5,7-11H2,1H3. The zero-order valence-corrected chi connectivity index (χ0v) is 13.5. The first kappa shape index (κ1) is 16.0. The van der Waals surface area contributed by atoms with Gasteiger partial charge >= 0.3 is 11.9 Å². The number of rotatable bonds is 4. The van der Waals surface area contributed by atoms with E-state index in [2.05, 4.69) is 6.08 Å². The number of hydrogen-bond donors (Lipinski definition) is 0. The Labute approximate surface area is 135 Å². The maximum atomic E-state index is 13.0. The zero-order chi connectivity index (χ0) is 16.4. The molecule has 1 unspecified atom stereocenters. The number of carbonyl (C=O) groups is 3. The van der Waals surface area contributed by atoms with Crippen LogP contribution in [0.5, 0.6) is 0 Å². The van der Waals surface area contributed by atoms with E-state index in [9.17, 15) is 14.4 Å². The van der Waals surface area contributed by atoms with Gasteiger partial charge in [-0.05, 0) is 50.2 Å². The summed E-state index contributed by atoms with van der Waals surface area (Å²) in [6.07, 6.45) is 6.79. The molecule has 23 heavy (non-hydrogen) atoms. The molecule has 3 aliphatic rings. The molecule has 0 bridgehead atoms. The average Bonchev–Trinajstić information content (AvgIpc) is 3.02. The fraction of sp³-hybridized carbons (Fsp3) is 0.611. The van der Waals surface area contributed by atoms with Crippen molar-refractivity contribution in [3.05, 3.63) is 22.8 Å². The van der Waals surface area contributed by atoms with Crippen molar-refractivity contribution in [3.8, 4) is 0 Å². The molecule has 0 aromatic rings. The Bertz CT molecular complexity index is 613. The molecule has 0 amide bonds. The Balaban J connectivity index is 1.92. The maximum Gasteiger partial charge on any atom is 0.309 e. The van der Waals surface area contributed by atoms with Crippen molar-refractivity contribution in [1.29, 1.82) is 0 Å². The van der Waals surface area contributed by atoms with E-state index in [0.717, 1.165) is 36.8 Å². The van der Waals surface area contributed by atoms with Crippen molar-refractivity contribution < 1.29 is 23.9 Å². The zero-order valence-electron chi connectivity index (χ0n) is 13.5. The van der Waals surface area contributed by atoms with Gasteiger partial charge in [0.05, 0.1) is 24.9 Å². The van der Waals surface area contributed by atoms with Crippen LogP contribution in [0, 0.1) is 5.41 Å². The van der Waals surface area contributed by atoms with Crippen LogP contribution in [0.4, 0.5) is 0 Å². The molecule has 1 atom stereocenters. The van der Waals surface area contributed by atoms with Gasteiger partial charge in [-0.15, -0.1) is 0 Å². The molecule has 5 nitrogen and oxygen atoms in total. The Hall–Kier alpha value is -1.91. The minimum Gasteiger partial charge on any atom is -0.466 e. The lowest BCUT2D eigenvalue weighted by Crippen LogP contribution is -2.28. The third kappa shape index (κ3) is 2.96. The summed E-state index contributed by atoms with van der Waals surface area (Å²) in [7, 11) is 0. The Morgan fingerprint density at radius 3 is 2.74 bits per heavy atom. The molecule has 0 aromatic carbocycles. The van der Waals surface area contributed by atoms with E-state index in [0.29, 0.717) is 18.6 Å². The normalized spacial score (nSPS) is 27.4. The molecule has 1 fully saturated rings. The average molecular weight is 318 g/mol. The van der Waals surface area contributed by atoms with Crippen molar-refractivity contribution >= 4 is 17.7 Å². The van der Waals surface area contributed by atoms with Gasteiger partial charge in [0.1, 0.15) is 6.61 Å². The summed E-state index contributed by atoms with van der Waals surface area (Å²) >= 11 is 0. The summed E-state index contributed by atoms with van der Waals surface area (Å²) in [5.41, 5.74) is 1.75. The van der Waals surface area contributed by atoms with Crippen LogP contribution in [0.3, 0.4) is 0 Å². The van der Waals surface area contributed by atoms with Crippen molar-refractivity contribution in [2.75, 3.05) is 13.2 Å². The molecule has 0 saturated carbocycles. The van der Waals surface area contributed by atoms with Gasteiger partial charge in [-0.1, -0.05) is 6.08 Å². The number of allylic oxidation sites excluding steroid dienone is 3. The molecular weight excluding hydrogens is 296 g/mol. The van der Waals surface area contributed by atoms with Crippen LogP contribution in [-0.2, 0) is 23.9 Å². The minimum atomic E-state index is -0.785. The lowest BCUT2D eigenvalue weighted by molar-refractivity contribution is -0.142. The monoisotopic (exact) mass is 318 g/mol. The maximum absolute atomic E-state index is 13.0. The molecular formula is C18H22O5. The summed E-state index contributed by atoms with van der Waals surface area (Å²) in [6, 6.07) is 0. The smallest absolute Gasteiger partial charge is 0.309 e. The fourth-order valence-electron chi connectivity index (χ4n) is 3.83. The first-order chi connectivity index (χ1) is 11.1. The van der Waals surface area contributed by atoms with Crippen LogP contribution in [0.25, 0.3) is 0 Å². The highest BCUT2D eigenvalue weighted by molar-refractivity contribution is 6.09. The Morgan fingerprint density at radius 1 is 1.30 bits per heavy atom. The highest BCUT2D eigenvalue weighted by Gasteiger charge is 2.53. The summed E-state index contributed by atoms with van der Waals surface area (Å²) in [4.78, 5) is 36.5. The van der Waals surface area contributed by atoms with E-state index in [-0.39, 0.29) is 37.2 Å². The molecule has 0 aromatic heterocycles. The summed E-state index contributed by atoms with van der Waals surface area (Å²) in [5.74, 6) is -0.657. The van der Waals surface area contributed by atoms with E-state index in [4.69, 9.17) is 9.47 Å². The van der Waals surface area contributed by atoms with E-state index in [1.165, 1.54) is 0 Å². The predicted octanol–water partition coefficient (Wildman–Crippen LogP) is 2.64. The second kappa shape index (κ2) is 6.30. The SMILES string of the molecule is CCOC(=O)CC1=C(C2=CCCCC2)C(=O)C2(COC(=O)C2)C1. The molecule has 3 rings (SSSR count). The van der Waals surface area contributed by atoms with Gasteiger partial charge in [-0.3, -0.25) is 14.4 Å². The summed E-state index contributed by atoms with van der Waals surface area (Å²) in [6.45, 7) is 2.22. The van der Waals surface area contributed by atoms with Crippen molar-refractivity contribution in [1.82, 2.24) is 0 Å². The van der Waals surface area contributed by atoms with Crippen LogP contribution in [-0.4, -0.2) is 30.9 Å².